The molecule has 3 aromatic carbocycles. The highest BCUT2D eigenvalue weighted by Crippen LogP contribution is 2.28. The van der Waals surface area contributed by atoms with E-state index in [1.165, 1.54) is 4.90 Å². The smallest absolute Gasteiger partial charge is 0.411 e. The van der Waals surface area contributed by atoms with Gasteiger partial charge in [-0.25, -0.2) is 4.79 Å². The molecule has 1 saturated heterocycles. The number of piperidine rings is 1. The number of carbonyl (C=O) groups is 3. The highest BCUT2D eigenvalue weighted by molar-refractivity contribution is 6.21. The Bertz CT molecular complexity index is 1430. The summed E-state index contributed by atoms with van der Waals surface area (Å²) in [6, 6.07) is 24.8. The summed E-state index contributed by atoms with van der Waals surface area (Å²) in [7, 11) is 4.33. The molecule has 0 saturated carbocycles. The van der Waals surface area contributed by atoms with Crippen molar-refractivity contribution in [3.05, 3.63) is 102 Å². The van der Waals surface area contributed by atoms with Crippen molar-refractivity contribution in [2.45, 2.75) is 25.4 Å². The van der Waals surface area contributed by atoms with Gasteiger partial charge in [-0.3, -0.25) is 24.7 Å². The normalized spacial score (nSPS) is 16.1. The van der Waals surface area contributed by atoms with Gasteiger partial charge in [0.1, 0.15) is 6.10 Å². The first kappa shape index (κ1) is 30.2. The summed E-state index contributed by atoms with van der Waals surface area (Å²) in [5.41, 5.74) is 3.76. The number of nitrogens with one attached hydrogen (secondary N) is 1. The number of anilines is 1. The number of para-hydroxylation sites is 1. The number of imide groups is 1. The lowest BCUT2D eigenvalue weighted by Crippen LogP contribution is -2.42. The fourth-order valence-electron chi connectivity index (χ4n) is 5.74. The lowest BCUT2D eigenvalue weighted by molar-refractivity contribution is -0.884. The molecule has 0 aromatic heterocycles. The van der Waals surface area contributed by atoms with Crippen molar-refractivity contribution in [3.63, 3.8) is 0 Å². The molecule has 1 fully saturated rings. The van der Waals surface area contributed by atoms with Crippen LogP contribution in [0.2, 0.25) is 0 Å². The van der Waals surface area contributed by atoms with Crippen LogP contribution in [0.5, 0.6) is 0 Å². The molecular formula is C35H41N4O4+. The number of rotatable bonds is 11. The van der Waals surface area contributed by atoms with E-state index in [0.29, 0.717) is 17.7 Å². The number of nitrogens with zero attached hydrogens (tertiary/aromatic N) is 3. The highest BCUT2D eigenvalue weighted by Gasteiger charge is 2.35. The van der Waals surface area contributed by atoms with Crippen LogP contribution in [0.1, 0.15) is 40.0 Å². The Kier molecular flexibility index (Phi) is 9.69. The average molecular weight is 582 g/mol. The van der Waals surface area contributed by atoms with E-state index in [9.17, 15) is 14.4 Å². The Labute approximate surface area is 254 Å². The van der Waals surface area contributed by atoms with Gasteiger partial charge in [-0.15, -0.1) is 0 Å². The minimum Gasteiger partial charge on any atom is -0.446 e. The molecule has 224 valence electrons. The predicted molar refractivity (Wildman–Crippen MR) is 169 cm³/mol. The van der Waals surface area contributed by atoms with Gasteiger partial charge in [0, 0.05) is 38.2 Å². The lowest BCUT2D eigenvalue weighted by atomic mass is 10.0. The minimum absolute atomic E-state index is 0.0955. The molecular weight excluding hydrogens is 540 g/mol. The molecule has 43 heavy (non-hydrogen) atoms. The molecule has 0 unspecified atom stereocenters. The molecule has 8 heteroatoms. The van der Waals surface area contributed by atoms with E-state index in [1.54, 1.807) is 24.3 Å². The third-order valence-electron chi connectivity index (χ3n) is 8.21. The summed E-state index contributed by atoms with van der Waals surface area (Å²) >= 11 is 0. The lowest BCUT2D eigenvalue weighted by Gasteiger charge is -2.31. The number of carbonyl (C=O) groups excluding carboxylic acids is 3. The zero-order valence-corrected chi connectivity index (χ0v) is 25.1. The maximum Gasteiger partial charge on any atom is 0.411 e. The van der Waals surface area contributed by atoms with Crippen LogP contribution in [0.4, 0.5) is 10.5 Å². The number of quaternary nitrogens is 1. The number of benzene rings is 3. The topological polar surface area (TPSA) is 79.0 Å². The van der Waals surface area contributed by atoms with E-state index in [2.05, 4.69) is 36.5 Å². The number of hydrogen-bond donors (Lipinski definition) is 1. The minimum atomic E-state index is -0.412. The third-order valence-corrected chi connectivity index (χ3v) is 8.21. The molecule has 2 aliphatic rings. The van der Waals surface area contributed by atoms with Crippen molar-refractivity contribution in [2.24, 2.45) is 0 Å². The van der Waals surface area contributed by atoms with Crippen LogP contribution in [0, 0.1) is 0 Å². The summed E-state index contributed by atoms with van der Waals surface area (Å²) < 4.78 is 6.54. The number of fused-ring (bicyclic) bond motifs is 1. The fourth-order valence-corrected chi connectivity index (χ4v) is 5.74. The number of hydrogen-bond acceptors (Lipinski definition) is 5. The maximum absolute atomic E-state index is 12.7. The highest BCUT2D eigenvalue weighted by atomic mass is 16.6. The molecule has 5 rings (SSSR count). The number of ether oxygens (including phenoxy) is 1. The molecule has 0 aliphatic carbocycles. The van der Waals surface area contributed by atoms with Gasteiger partial charge < -0.3 is 9.22 Å². The summed E-state index contributed by atoms with van der Waals surface area (Å²) in [4.78, 5) is 41.6. The molecule has 0 spiro atoms. The fraction of sp³-hybridized carbons (Fsp3) is 0.343. The predicted octanol–water partition coefficient (Wildman–Crippen LogP) is 5.69. The monoisotopic (exact) mass is 581 g/mol. The molecule has 2 heterocycles. The van der Waals surface area contributed by atoms with E-state index in [4.69, 9.17) is 4.74 Å². The third kappa shape index (κ3) is 7.77. The summed E-state index contributed by atoms with van der Waals surface area (Å²) in [5, 5.41) is 2.94. The van der Waals surface area contributed by atoms with E-state index in [1.807, 2.05) is 54.6 Å². The molecule has 0 atom stereocenters. The Morgan fingerprint density at radius 3 is 2.14 bits per heavy atom. The van der Waals surface area contributed by atoms with Crippen molar-refractivity contribution >= 4 is 23.6 Å². The standard InChI is InChI=1S/C35H40N4O4/c1-39(2,26-12-22-38-33(40)30-16-6-7-17-31(30)34(38)41)25-11-10-21-37-23-19-28(20-24-37)43-35(42)36-32-18-9-8-15-29(32)27-13-4-3-5-14-27/h3-11,13-18,28H,12,19-26H2,1-2H3/p+1. The zero-order valence-electron chi connectivity index (χ0n) is 25.1. The van der Waals surface area contributed by atoms with E-state index in [-0.39, 0.29) is 17.9 Å². The van der Waals surface area contributed by atoms with E-state index >= 15 is 0 Å². The van der Waals surface area contributed by atoms with Crippen LogP contribution in [0.3, 0.4) is 0 Å². The van der Waals surface area contributed by atoms with Gasteiger partial charge in [0.15, 0.2) is 0 Å². The van der Waals surface area contributed by atoms with Gasteiger partial charge in [0.2, 0.25) is 0 Å². The van der Waals surface area contributed by atoms with Gasteiger partial charge in [-0.1, -0.05) is 66.7 Å². The molecule has 3 amide bonds. The zero-order chi connectivity index (χ0) is 30.2. The molecule has 0 bridgehead atoms. The van der Waals surface area contributed by atoms with Crippen molar-refractivity contribution < 1.29 is 23.6 Å². The second-order valence-corrected chi connectivity index (χ2v) is 11.9. The SMILES string of the molecule is C[N+](C)(CC=CCN1CCC(OC(=O)Nc2ccccc2-c2ccccc2)CC1)CCCN1C(=O)c2ccccc2C1=O. The first-order chi connectivity index (χ1) is 20.8. The van der Waals surface area contributed by atoms with Crippen molar-refractivity contribution in [1.82, 2.24) is 9.80 Å². The molecule has 8 nitrogen and oxygen atoms in total. The van der Waals surface area contributed by atoms with E-state index < -0.39 is 6.09 Å². The van der Waals surface area contributed by atoms with Crippen LogP contribution in [-0.2, 0) is 4.74 Å². The van der Waals surface area contributed by atoms with Crippen LogP contribution in [0.15, 0.2) is 91.0 Å². The van der Waals surface area contributed by atoms with Gasteiger partial charge in [0.05, 0.1) is 44.0 Å². The summed E-state index contributed by atoms with van der Waals surface area (Å²) in [6.07, 6.45) is 6.28. The van der Waals surface area contributed by atoms with Crippen molar-refractivity contribution in [2.75, 3.05) is 58.7 Å². The van der Waals surface area contributed by atoms with Gasteiger partial charge in [-0.05, 0) is 42.7 Å². The second kappa shape index (κ2) is 13.8. The first-order valence-corrected chi connectivity index (χ1v) is 15.1. The Hall–Kier alpha value is -4.27. The number of likely N-dealkylation sites (N-methyl/N-ethyl adjacent to an activating group) is 1. The van der Waals surface area contributed by atoms with Crippen LogP contribution in [0.25, 0.3) is 11.1 Å². The van der Waals surface area contributed by atoms with Gasteiger partial charge in [0.25, 0.3) is 11.8 Å². The quantitative estimate of drug-likeness (QED) is 0.179. The molecule has 3 aromatic rings. The average Bonchev–Trinajstić information content (AvgIpc) is 3.25. The number of amides is 3. The van der Waals surface area contributed by atoms with Crippen LogP contribution < -0.4 is 5.32 Å². The van der Waals surface area contributed by atoms with Gasteiger partial charge >= 0.3 is 6.09 Å². The number of likely N-dealkylation sites (tertiary alicyclic amines) is 1. The second-order valence-electron chi connectivity index (χ2n) is 11.9. The van der Waals surface area contributed by atoms with Gasteiger partial charge in [-0.2, -0.15) is 0 Å². The maximum atomic E-state index is 12.7. The largest absolute Gasteiger partial charge is 0.446 e. The van der Waals surface area contributed by atoms with Crippen molar-refractivity contribution in [3.8, 4) is 11.1 Å². The van der Waals surface area contributed by atoms with E-state index in [0.717, 1.165) is 73.3 Å². The molecule has 1 N–H and O–H groups in total. The van der Waals surface area contributed by atoms with Crippen molar-refractivity contribution in [1.29, 1.82) is 0 Å². The molecule has 0 radical (unpaired) electrons. The Morgan fingerprint density at radius 1 is 0.860 bits per heavy atom. The first-order valence-electron chi connectivity index (χ1n) is 15.1. The summed E-state index contributed by atoms with van der Waals surface area (Å²) in [6.45, 7) is 4.78. The van der Waals surface area contributed by atoms with Crippen LogP contribution in [-0.4, -0.2) is 91.7 Å². The summed E-state index contributed by atoms with van der Waals surface area (Å²) in [5.74, 6) is -0.372. The molecule has 2 aliphatic heterocycles. The Balaban J connectivity index is 0.991. The Morgan fingerprint density at radius 2 is 1.47 bits per heavy atom. The van der Waals surface area contributed by atoms with Crippen LogP contribution >= 0.6 is 0 Å².